The fraction of sp³-hybridized carbons (Fsp3) is 0.412. The monoisotopic (exact) mass is 301 g/mol. The number of rotatable bonds is 6. The number of halogens is 1. The summed E-state index contributed by atoms with van der Waals surface area (Å²) in [6, 6.07) is 10.3. The van der Waals surface area contributed by atoms with Crippen molar-refractivity contribution in [2.45, 2.75) is 44.9 Å². The standard InChI is InChI=1S/C17H20ClN3/c1-2-3-4-12-5-9-14(10-6-12)19-16-11-15(18)20-17(21-16)13-7-8-13/h5-6,9-11,13H,2-4,7-8H2,1H3,(H,19,20,21). The van der Waals surface area contributed by atoms with E-state index in [4.69, 9.17) is 11.6 Å². The van der Waals surface area contributed by atoms with Crippen molar-refractivity contribution >= 4 is 23.1 Å². The summed E-state index contributed by atoms with van der Waals surface area (Å²) in [6.45, 7) is 2.21. The molecule has 4 heteroatoms. The second kappa shape index (κ2) is 6.44. The van der Waals surface area contributed by atoms with E-state index in [1.54, 1.807) is 6.07 Å². The number of aryl methyl sites for hydroxylation is 1. The summed E-state index contributed by atoms with van der Waals surface area (Å²) in [5.74, 6) is 2.14. The summed E-state index contributed by atoms with van der Waals surface area (Å²) >= 11 is 6.08. The lowest BCUT2D eigenvalue weighted by atomic mass is 10.1. The maximum Gasteiger partial charge on any atom is 0.135 e. The van der Waals surface area contributed by atoms with Crippen LogP contribution in [0.3, 0.4) is 0 Å². The number of benzene rings is 1. The van der Waals surface area contributed by atoms with Crippen molar-refractivity contribution in [1.82, 2.24) is 9.97 Å². The van der Waals surface area contributed by atoms with Gasteiger partial charge in [-0.1, -0.05) is 37.1 Å². The van der Waals surface area contributed by atoms with Crippen LogP contribution in [0.15, 0.2) is 30.3 Å². The Balaban J connectivity index is 1.70. The highest BCUT2D eigenvalue weighted by Gasteiger charge is 2.27. The fourth-order valence-corrected chi connectivity index (χ4v) is 2.50. The zero-order valence-corrected chi connectivity index (χ0v) is 13.0. The molecule has 0 saturated heterocycles. The van der Waals surface area contributed by atoms with Crippen LogP contribution in [0, 0.1) is 0 Å². The van der Waals surface area contributed by atoms with Gasteiger partial charge in [-0.05, 0) is 43.4 Å². The van der Waals surface area contributed by atoms with Crippen LogP contribution in [0.4, 0.5) is 11.5 Å². The van der Waals surface area contributed by atoms with Crippen molar-refractivity contribution < 1.29 is 0 Å². The van der Waals surface area contributed by atoms with Crippen LogP contribution in [-0.2, 0) is 6.42 Å². The Morgan fingerprint density at radius 3 is 2.62 bits per heavy atom. The number of aromatic nitrogens is 2. The van der Waals surface area contributed by atoms with Crippen LogP contribution in [-0.4, -0.2) is 9.97 Å². The molecular formula is C17H20ClN3. The Morgan fingerprint density at radius 1 is 1.19 bits per heavy atom. The van der Waals surface area contributed by atoms with Crippen LogP contribution in [0.1, 0.15) is 49.9 Å². The van der Waals surface area contributed by atoms with Crippen LogP contribution in [0.2, 0.25) is 5.15 Å². The average Bonchev–Trinajstić information content (AvgIpc) is 3.30. The summed E-state index contributed by atoms with van der Waals surface area (Å²) in [4.78, 5) is 8.86. The van der Waals surface area contributed by atoms with E-state index in [9.17, 15) is 0 Å². The van der Waals surface area contributed by atoms with Gasteiger partial charge in [0.1, 0.15) is 16.8 Å². The van der Waals surface area contributed by atoms with Gasteiger partial charge in [0.2, 0.25) is 0 Å². The Hall–Kier alpha value is -1.61. The van der Waals surface area contributed by atoms with E-state index < -0.39 is 0 Å². The quantitative estimate of drug-likeness (QED) is 0.755. The molecule has 0 unspecified atom stereocenters. The van der Waals surface area contributed by atoms with Crippen molar-refractivity contribution in [3.05, 3.63) is 46.9 Å². The Labute approximate surface area is 130 Å². The lowest BCUT2D eigenvalue weighted by Gasteiger charge is -2.08. The molecule has 1 aliphatic rings. The number of hydrogen-bond donors (Lipinski definition) is 1. The topological polar surface area (TPSA) is 37.8 Å². The van der Waals surface area contributed by atoms with Crippen LogP contribution < -0.4 is 5.32 Å². The van der Waals surface area contributed by atoms with Crippen molar-refractivity contribution in [1.29, 1.82) is 0 Å². The molecule has 0 spiro atoms. The first-order chi connectivity index (χ1) is 10.2. The van der Waals surface area contributed by atoms with E-state index in [1.165, 1.54) is 31.2 Å². The van der Waals surface area contributed by atoms with E-state index in [0.717, 1.165) is 23.8 Å². The van der Waals surface area contributed by atoms with E-state index >= 15 is 0 Å². The number of nitrogens with zero attached hydrogens (tertiary/aromatic N) is 2. The minimum absolute atomic E-state index is 0.501. The molecule has 3 nitrogen and oxygen atoms in total. The molecule has 0 aliphatic heterocycles. The molecule has 21 heavy (non-hydrogen) atoms. The molecule has 1 aromatic heterocycles. The molecule has 110 valence electrons. The Bertz CT molecular complexity index is 606. The molecule has 2 aromatic rings. The van der Waals surface area contributed by atoms with Crippen molar-refractivity contribution in [2.75, 3.05) is 5.32 Å². The lowest BCUT2D eigenvalue weighted by Crippen LogP contribution is -1.99. The first-order valence-corrected chi connectivity index (χ1v) is 8.03. The van der Waals surface area contributed by atoms with Gasteiger partial charge in [-0.15, -0.1) is 0 Å². The average molecular weight is 302 g/mol. The third-order valence-corrected chi connectivity index (χ3v) is 3.89. The van der Waals surface area contributed by atoms with Gasteiger partial charge >= 0.3 is 0 Å². The molecular weight excluding hydrogens is 282 g/mol. The number of anilines is 2. The number of unbranched alkanes of at least 4 members (excludes halogenated alkanes) is 1. The zero-order valence-electron chi connectivity index (χ0n) is 12.3. The molecule has 1 heterocycles. The van der Waals surface area contributed by atoms with Gasteiger partial charge in [0.15, 0.2) is 0 Å². The highest BCUT2D eigenvalue weighted by atomic mass is 35.5. The minimum Gasteiger partial charge on any atom is -0.340 e. The molecule has 0 amide bonds. The summed E-state index contributed by atoms with van der Waals surface area (Å²) in [5, 5.41) is 3.82. The fourth-order valence-electron chi connectivity index (χ4n) is 2.31. The van der Waals surface area contributed by atoms with Gasteiger partial charge in [-0.3, -0.25) is 0 Å². The van der Waals surface area contributed by atoms with Gasteiger partial charge < -0.3 is 5.32 Å². The number of nitrogens with one attached hydrogen (secondary N) is 1. The second-order valence-electron chi connectivity index (χ2n) is 5.63. The van der Waals surface area contributed by atoms with Crippen molar-refractivity contribution in [2.24, 2.45) is 0 Å². The van der Waals surface area contributed by atoms with Gasteiger partial charge in [0.25, 0.3) is 0 Å². The van der Waals surface area contributed by atoms with Crippen LogP contribution in [0.5, 0.6) is 0 Å². The molecule has 1 aliphatic carbocycles. The minimum atomic E-state index is 0.501. The zero-order chi connectivity index (χ0) is 14.7. The van der Waals surface area contributed by atoms with Gasteiger partial charge in [-0.2, -0.15) is 0 Å². The second-order valence-corrected chi connectivity index (χ2v) is 6.02. The molecule has 1 N–H and O–H groups in total. The molecule has 0 radical (unpaired) electrons. The van der Waals surface area contributed by atoms with E-state index in [2.05, 4.69) is 46.5 Å². The van der Waals surface area contributed by atoms with E-state index in [-0.39, 0.29) is 0 Å². The van der Waals surface area contributed by atoms with E-state index in [0.29, 0.717) is 11.1 Å². The summed E-state index contributed by atoms with van der Waals surface area (Å²) in [6.07, 6.45) is 5.95. The van der Waals surface area contributed by atoms with Crippen molar-refractivity contribution in [3.63, 3.8) is 0 Å². The number of hydrogen-bond acceptors (Lipinski definition) is 3. The largest absolute Gasteiger partial charge is 0.340 e. The molecule has 0 atom stereocenters. The Morgan fingerprint density at radius 2 is 1.95 bits per heavy atom. The van der Waals surface area contributed by atoms with Gasteiger partial charge in [-0.25, -0.2) is 9.97 Å². The predicted octanol–water partition coefficient (Wildman–Crippen LogP) is 5.09. The van der Waals surface area contributed by atoms with Crippen molar-refractivity contribution in [3.8, 4) is 0 Å². The van der Waals surface area contributed by atoms with Crippen LogP contribution in [0.25, 0.3) is 0 Å². The molecule has 0 bridgehead atoms. The van der Waals surface area contributed by atoms with Gasteiger partial charge in [0, 0.05) is 17.7 Å². The van der Waals surface area contributed by atoms with Gasteiger partial charge in [0.05, 0.1) is 0 Å². The highest BCUT2D eigenvalue weighted by molar-refractivity contribution is 6.29. The van der Waals surface area contributed by atoms with Crippen LogP contribution >= 0.6 is 11.6 Å². The summed E-state index contributed by atoms with van der Waals surface area (Å²) < 4.78 is 0. The highest BCUT2D eigenvalue weighted by Crippen LogP contribution is 2.39. The predicted molar refractivity (Wildman–Crippen MR) is 87.4 cm³/mol. The first-order valence-electron chi connectivity index (χ1n) is 7.65. The van der Waals surface area contributed by atoms with E-state index in [1.807, 2.05) is 0 Å². The molecule has 3 rings (SSSR count). The molecule has 1 aromatic carbocycles. The lowest BCUT2D eigenvalue weighted by molar-refractivity contribution is 0.795. The smallest absolute Gasteiger partial charge is 0.135 e. The third-order valence-electron chi connectivity index (χ3n) is 3.70. The summed E-state index contributed by atoms with van der Waals surface area (Å²) in [7, 11) is 0. The third kappa shape index (κ3) is 3.94. The molecule has 1 fully saturated rings. The molecule has 1 saturated carbocycles. The normalized spacial score (nSPS) is 14.2. The Kier molecular flexibility index (Phi) is 4.39. The maximum absolute atomic E-state index is 6.08. The summed E-state index contributed by atoms with van der Waals surface area (Å²) in [5.41, 5.74) is 2.41. The first kappa shape index (κ1) is 14.3. The SMILES string of the molecule is CCCCc1ccc(Nc2cc(Cl)nc(C3CC3)n2)cc1. The maximum atomic E-state index is 6.08.